The molecule has 28 heavy (non-hydrogen) atoms. The van der Waals surface area contributed by atoms with Gasteiger partial charge in [-0.1, -0.05) is 24.3 Å². The van der Waals surface area contributed by atoms with E-state index in [9.17, 15) is 0 Å². The van der Waals surface area contributed by atoms with Crippen LogP contribution in [0.25, 0.3) is 10.9 Å². The molecule has 0 bridgehead atoms. The first-order chi connectivity index (χ1) is 13.7. The highest BCUT2D eigenvalue weighted by molar-refractivity contribution is 5.86. The Kier molecular flexibility index (Phi) is 3.93. The second-order valence-corrected chi connectivity index (χ2v) is 7.18. The van der Waals surface area contributed by atoms with Crippen molar-refractivity contribution in [3.05, 3.63) is 83.2 Å². The summed E-state index contributed by atoms with van der Waals surface area (Å²) in [7, 11) is 0. The Bertz CT molecular complexity index is 1170. The van der Waals surface area contributed by atoms with Crippen LogP contribution in [-0.4, -0.2) is 11.8 Å². The van der Waals surface area contributed by atoms with Gasteiger partial charge in [0.2, 0.25) is 6.79 Å². The molecule has 0 spiro atoms. The van der Waals surface area contributed by atoms with E-state index in [2.05, 4.69) is 77.7 Å². The Morgan fingerprint density at radius 1 is 1.00 bits per heavy atom. The number of pyridine rings is 1. The van der Waals surface area contributed by atoms with E-state index >= 15 is 0 Å². The fourth-order valence-corrected chi connectivity index (χ4v) is 3.90. The van der Waals surface area contributed by atoms with Crippen molar-refractivity contribution in [2.75, 3.05) is 12.1 Å². The first-order valence-electron chi connectivity index (χ1n) is 9.41. The number of aromatic nitrogens is 2. The van der Waals surface area contributed by atoms with Gasteiger partial charge in [-0.25, -0.2) is 4.98 Å². The third-order valence-corrected chi connectivity index (χ3v) is 5.22. The quantitative estimate of drug-likeness (QED) is 0.553. The molecule has 0 fully saturated rings. The topological polar surface area (TPSA) is 60.4 Å². The first-order valence-corrected chi connectivity index (χ1v) is 9.41. The minimum atomic E-state index is -0.0521. The van der Waals surface area contributed by atoms with E-state index < -0.39 is 0 Å². The van der Waals surface area contributed by atoms with Crippen LogP contribution in [0, 0.1) is 13.8 Å². The smallest absolute Gasteiger partial charge is 0.273 e. The lowest BCUT2D eigenvalue weighted by Crippen LogP contribution is -2.19. The zero-order valence-corrected chi connectivity index (χ0v) is 15.9. The van der Waals surface area contributed by atoms with Crippen molar-refractivity contribution >= 4 is 16.7 Å². The molecule has 5 nitrogen and oxygen atoms in total. The Labute approximate surface area is 163 Å². The van der Waals surface area contributed by atoms with Gasteiger partial charge in [-0.2, -0.15) is 0 Å². The van der Waals surface area contributed by atoms with Crippen molar-refractivity contribution in [2.24, 2.45) is 0 Å². The molecule has 4 aromatic rings. The van der Waals surface area contributed by atoms with E-state index in [4.69, 9.17) is 9.47 Å². The van der Waals surface area contributed by atoms with Crippen molar-refractivity contribution in [3.8, 4) is 11.5 Å². The van der Waals surface area contributed by atoms with Gasteiger partial charge in [0, 0.05) is 33.8 Å². The molecule has 1 aliphatic heterocycles. The molecule has 5 rings (SSSR count). The molecule has 3 heterocycles. The largest absolute Gasteiger partial charge is 0.454 e. The predicted octanol–water partition coefficient (Wildman–Crippen LogP) is 4.53. The fourth-order valence-electron chi connectivity index (χ4n) is 3.90. The van der Waals surface area contributed by atoms with E-state index in [0.29, 0.717) is 0 Å². The molecular formula is C23H22N3O2+. The third-order valence-electron chi connectivity index (χ3n) is 5.22. The minimum absolute atomic E-state index is 0.0521. The standard InChI is InChI=1S/C23H21N3O2/c1-14-9-10-24-21(11-14)26-23(16-7-8-19-20(12-16)28-13-27-19)22-15(2)25-18-6-4-3-5-17(18)22/h3-12,23,25H,13H2,1-2H3,(H,24,26)/p+1/t23-/m0/s1. The zero-order chi connectivity index (χ0) is 19.1. The molecule has 2 aromatic carbocycles. The highest BCUT2D eigenvalue weighted by Crippen LogP contribution is 2.39. The molecule has 0 unspecified atom stereocenters. The van der Waals surface area contributed by atoms with Crippen molar-refractivity contribution in [1.82, 2.24) is 4.98 Å². The van der Waals surface area contributed by atoms with E-state index in [1.165, 1.54) is 16.5 Å². The summed E-state index contributed by atoms with van der Waals surface area (Å²) < 4.78 is 11.1. The number of hydrogen-bond acceptors (Lipinski definition) is 3. The number of aryl methyl sites for hydroxylation is 2. The molecule has 5 heteroatoms. The average molecular weight is 372 g/mol. The van der Waals surface area contributed by atoms with Gasteiger partial charge in [-0.3, -0.25) is 5.32 Å². The lowest BCUT2D eigenvalue weighted by atomic mass is 9.95. The predicted molar refractivity (Wildman–Crippen MR) is 109 cm³/mol. The number of H-pyrrole nitrogens is 2. The molecule has 1 atom stereocenters. The summed E-state index contributed by atoms with van der Waals surface area (Å²) in [5.41, 5.74) is 5.82. The number of rotatable bonds is 4. The molecule has 0 radical (unpaired) electrons. The molecule has 0 saturated carbocycles. The number of fused-ring (bicyclic) bond motifs is 2. The highest BCUT2D eigenvalue weighted by atomic mass is 16.7. The fraction of sp³-hybridized carbons (Fsp3) is 0.174. The molecule has 0 saturated heterocycles. The third kappa shape index (κ3) is 2.85. The average Bonchev–Trinajstić information content (AvgIpc) is 3.29. The van der Waals surface area contributed by atoms with Gasteiger partial charge in [-0.05, 0) is 43.7 Å². The van der Waals surface area contributed by atoms with Crippen LogP contribution in [0.2, 0.25) is 0 Å². The molecule has 140 valence electrons. The van der Waals surface area contributed by atoms with Crippen molar-refractivity contribution in [2.45, 2.75) is 19.9 Å². The first kappa shape index (κ1) is 16.7. The van der Waals surface area contributed by atoms with Crippen LogP contribution < -0.4 is 19.8 Å². The minimum Gasteiger partial charge on any atom is -0.454 e. The Morgan fingerprint density at radius 2 is 1.86 bits per heavy atom. The Morgan fingerprint density at radius 3 is 2.75 bits per heavy atom. The van der Waals surface area contributed by atoms with Gasteiger partial charge in [0.05, 0.1) is 6.20 Å². The van der Waals surface area contributed by atoms with E-state index in [1.807, 2.05) is 12.3 Å². The zero-order valence-electron chi connectivity index (χ0n) is 15.9. The Balaban J connectivity index is 1.67. The van der Waals surface area contributed by atoms with Crippen LogP contribution in [0.4, 0.5) is 5.82 Å². The van der Waals surface area contributed by atoms with Crippen molar-refractivity contribution < 1.29 is 14.5 Å². The van der Waals surface area contributed by atoms with Crippen LogP contribution >= 0.6 is 0 Å². The lowest BCUT2D eigenvalue weighted by molar-refractivity contribution is -0.361. The molecule has 0 aliphatic carbocycles. The monoisotopic (exact) mass is 372 g/mol. The number of para-hydroxylation sites is 1. The molecule has 2 aromatic heterocycles. The maximum absolute atomic E-state index is 5.63. The van der Waals surface area contributed by atoms with Crippen LogP contribution in [0.1, 0.15) is 28.4 Å². The van der Waals surface area contributed by atoms with Crippen LogP contribution in [0.3, 0.4) is 0 Å². The number of hydrogen-bond donors (Lipinski definition) is 2. The highest BCUT2D eigenvalue weighted by Gasteiger charge is 2.27. The van der Waals surface area contributed by atoms with Crippen LogP contribution in [-0.2, 0) is 0 Å². The van der Waals surface area contributed by atoms with E-state index in [1.54, 1.807) is 0 Å². The van der Waals surface area contributed by atoms with Crippen LogP contribution in [0.15, 0.2) is 60.8 Å². The second kappa shape index (κ2) is 6.60. The summed E-state index contributed by atoms with van der Waals surface area (Å²) in [4.78, 5) is 6.83. The number of benzene rings is 2. The number of nitrogens with one attached hydrogen (secondary N) is 3. The van der Waals surface area contributed by atoms with Gasteiger partial charge >= 0.3 is 0 Å². The summed E-state index contributed by atoms with van der Waals surface area (Å²) in [5.74, 6) is 2.54. The van der Waals surface area contributed by atoms with E-state index in [0.717, 1.165) is 34.1 Å². The van der Waals surface area contributed by atoms with Gasteiger partial charge in [0.25, 0.3) is 5.82 Å². The number of ether oxygens (including phenoxy) is 2. The van der Waals surface area contributed by atoms with Crippen molar-refractivity contribution in [3.63, 3.8) is 0 Å². The molecule has 3 N–H and O–H groups in total. The normalized spacial score (nSPS) is 13.6. The second-order valence-electron chi connectivity index (χ2n) is 7.18. The maximum atomic E-state index is 5.63. The van der Waals surface area contributed by atoms with Gasteiger partial charge < -0.3 is 14.5 Å². The molecule has 0 amide bonds. The molecular weight excluding hydrogens is 350 g/mol. The van der Waals surface area contributed by atoms with E-state index in [-0.39, 0.29) is 12.8 Å². The van der Waals surface area contributed by atoms with Gasteiger partial charge in [0.1, 0.15) is 6.04 Å². The summed E-state index contributed by atoms with van der Waals surface area (Å²) in [5, 5.41) is 4.90. The Hall–Kier alpha value is -3.47. The summed E-state index contributed by atoms with van der Waals surface area (Å²) in [6, 6.07) is 18.7. The SMILES string of the molecule is Cc1cc[nH+]c(N[C@@H](c2ccc3c(c2)OCO3)c2c(C)[nH]c3ccccc23)c1. The molecule has 1 aliphatic rings. The number of anilines is 1. The lowest BCUT2D eigenvalue weighted by Gasteiger charge is -2.17. The van der Waals surface area contributed by atoms with Gasteiger partial charge in [0.15, 0.2) is 11.5 Å². The number of aromatic amines is 2. The summed E-state index contributed by atoms with van der Waals surface area (Å²) in [6.45, 7) is 4.48. The van der Waals surface area contributed by atoms with Gasteiger partial charge in [-0.15, -0.1) is 0 Å². The van der Waals surface area contributed by atoms with Crippen LogP contribution in [0.5, 0.6) is 11.5 Å². The summed E-state index contributed by atoms with van der Waals surface area (Å²) in [6.07, 6.45) is 1.95. The summed E-state index contributed by atoms with van der Waals surface area (Å²) >= 11 is 0. The van der Waals surface area contributed by atoms with Crippen molar-refractivity contribution in [1.29, 1.82) is 0 Å². The maximum Gasteiger partial charge on any atom is 0.273 e.